The summed E-state index contributed by atoms with van der Waals surface area (Å²) in [6, 6.07) is 19.4. The molecule has 0 bridgehead atoms. The van der Waals surface area contributed by atoms with Gasteiger partial charge in [0.25, 0.3) is 0 Å². The molecule has 0 N–H and O–H groups in total. The lowest BCUT2D eigenvalue weighted by atomic mass is 9.84. The Morgan fingerprint density at radius 1 is 0.643 bits per heavy atom. The molecule has 0 aliphatic carbocycles. The molecule has 0 unspecified atom stereocenters. The first-order chi connectivity index (χ1) is 12.9. The van der Waals surface area contributed by atoms with Gasteiger partial charge >= 0.3 is 0 Å². The second-order valence-electron chi connectivity index (χ2n) is 9.72. The van der Waals surface area contributed by atoms with Gasteiger partial charge in [-0.05, 0) is 58.7 Å². The van der Waals surface area contributed by atoms with Gasteiger partial charge in [0.1, 0.15) is 5.75 Å². The molecule has 0 amide bonds. The average molecular weight is 377 g/mol. The zero-order chi connectivity index (χ0) is 21.1. The van der Waals surface area contributed by atoms with Gasteiger partial charge in [0.15, 0.2) is 0 Å². The van der Waals surface area contributed by atoms with Crippen LogP contribution in [0.4, 0.5) is 0 Å². The predicted molar refractivity (Wildman–Crippen MR) is 124 cm³/mol. The summed E-state index contributed by atoms with van der Waals surface area (Å²) < 4.78 is 5.48. The minimum atomic E-state index is 0.107. The Bertz CT molecular complexity index is 937. The van der Waals surface area contributed by atoms with Gasteiger partial charge in [0.05, 0.1) is 7.11 Å². The van der Waals surface area contributed by atoms with E-state index in [1.54, 1.807) is 7.11 Å². The van der Waals surface area contributed by atoms with Crippen molar-refractivity contribution < 1.29 is 4.74 Å². The number of rotatable bonds is 1. The van der Waals surface area contributed by atoms with Gasteiger partial charge in [0.2, 0.25) is 0 Å². The Kier molecular flexibility index (Phi) is 6.59. The summed E-state index contributed by atoms with van der Waals surface area (Å²) in [6.07, 6.45) is 0. The Morgan fingerprint density at radius 3 is 1.64 bits per heavy atom. The largest absolute Gasteiger partial charge is 0.496 e. The minimum Gasteiger partial charge on any atom is -0.496 e. The average Bonchev–Trinajstić information content (AvgIpc) is 2.59. The summed E-state index contributed by atoms with van der Waals surface area (Å²) in [5.41, 5.74) is 5.84. The van der Waals surface area contributed by atoms with Gasteiger partial charge in [-0.15, -0.1) is 0 Å². The molecule has 0 fully saturated rings. The summed E-state index contributed by atoms with van der Waals surface area (Å²) in [5.74, 6) is 0.978. The lowest BCUT2D eigenvalue weighted by molar-refractivity contribution is 0.398. The summed E-state index contributed by atoms with van der Waals surface area (Å²) in [5, 5.41) is 2.50. The van der Waals surface area contributed by atoms with Gasteiger partial charge in [-0.25, -0.2) is 0 Å². The molecule has 28 heavy (non-hydrogen) atoms. The highest BCUT2D eigenvalue weighted by molar-refractivity contribution is 5.85. The SMILES string of the molecule is COc1cc2ccccc2cc1C(C)(C)C.Cc1ccc(C(C)(C)C)c(C)c1. The number of ether oxygens (including phenoxy) is 1. The van der Waals surface area contributed by atoms with Crippen molar-refractivity contribution in [1.29, 1.82) is 0 Å². The Hall–Kier alpha value is -2.28. The number of methoxy groups -OCH3 is 1. The van der Waals surface area contributed by atoms with Crippen molar-refractivity contribution in [3.63, 3.8) is 0 Å². The Balaban J connectivity index is 0.000000209. The van der Waals surface area contributed by atoms with E-state index in [0.717, 1.165) is 5.75 Å². The molecule has 3 aromatic rings. The molecule has 0 radical (unpaired) electrons. The van der Waals surface area contributed by atoms with E-state index in [0.29, 0.717) is 0 Å². The van der Waals surface area contributed by atoms with E-state index in [9.17, 15) is 0 Å². The van der Waals surface area contributed by atoms with E-state index in [1.807, 2.05) is 0 Å². The molecule has 150 valence electrons. The van der Waals surface area contributed by atoms with E-state index in [1.165, 1.54) is 33.0 Å². The van der Waals surface area contributed by atoms with Gasteiger partial charge < -0.3 is 4.74 Å². The molecule has 3 aromatic carbocycles. The highest BCUT2D eigenvalue weighted by Gasteiger charge is 2.19. The zero-order valence-electron chi connectivity index (χ0n) is 19.1. The first-order valence-corrected chi connectivity index (χ1v) is 10.1. The van der Waals surface area contributed by atoms with Crippen LogP contribution in [-0.4, -0.2) is 7.11 Å². The standard InChI is InChI=1S/C15H18O.C12H18/c1-15(2,3)13-9-11-7-5-6-8-12(11)10-14(13)16-4;1-9-6-7-11(10(2)8-9)12(3,4)5/h5-10H,1-4H3;6-8H,1-5H3. The second kappa shape index (κ2) is 8.39. The molecule has 0 saturated heterocycles. The van der Waals surface area contributed by atoms with Gasteiger partial charge in [-0.3, -0.25) is 0 Å². The van der Waals surface area contributed by atoms with Crippen molar-refractivity contribution in [3.8, 4) is 5.75 Å². The fourth-order valence-electron chi connectivity index (χ4n) is 3.63. The first-order valence-electron chi connectivity index (χ1n) is 10.1. The lowest BCUT2D eigenvalue weighted by Gasteiger charge is -2.22. The molecule has 0 aliphatic heterocycles. The number of aryl methyl sites for hydroxylation is 2. The summed E-state index contributed by atoms with van der Waals surface area (Å²) in [4.78, 5) is 0. The molecular formula is C27H36O. The number of hydrogen-bond donors (Lipinski definition) is 0. The minimum absolute atomic E-state index is 0.107. The van der Waals surface area contributed by atoms with Crippen molar-refractivity contribution in [2.75, 3.05) is 7.11 Å². The van der Waals surface area contributed by atoms with E-state index in [-0.39, 0.29) is 10.8 Å². The highest BCUT2D eigenvalue weighted by Crippen LogP contribution is 2.34. The smallest absolute Gasteiger partial charge is 0.123 e. The van der Waals surface area contributed by atoms with Crippen LogP contribution >= 0.6 is 0 Å². The third-order valence-electron chi connectivity index (χ3n) is 5.07. The maximum atomic E-state index is 5.48. The van der Waals surface area contributed by atoms with Gasteiger partial charge in [0, 0.05) is 5.56 Å². The maximum Gasteiger partial charge on any atom is 0.123 e. The second-order valence-corrected chi connectivity index (χ2v) is 9.72. The van der Waals surface area contributed by atoms with E-state index >= 15 is 0 Å². The van der Waals surface area contributed by atoms with E-state index in [2.05, 4.69) is 110 Å². The van der Waals surface area contributed by atoms with Crippen molar-refractivity contribution in [1.82, 2.24) is 0 Å². The van der Waals surface area contributed by atoms with Crippen LogP contribution in [0.3, 0.4) is 0 Å². The van der Waals surface area contributed by atoms with Crippen LogP contribution in [0.15, 0.2) is 54.6 Å². The normalized spacial score (nSPS) is 11.8. The topological polar surface area (TPSA) is 9.23 Å². The molecule has 0 aromatic heterocycles. The quantitative estimate of drug-likeness (QED) is 0.422. The van der Waals surface area contributed by atoms with Crippen molar-refractivity contribution in [2.45, 2.75) is 66.2 Å². The highest BCUT2D eigenvalue weighted by atomic mass is 16.5. The van der Waals surface area contributed by atoms with Crippen LogP contribution in [0.1, 0.15) is 63.8 Å². The van der Waals surface area contributed by atoms with E-state index in [4.69, 9.17) is 4.74 Å². The number of benzene rings is 3. The van der Waals surface area contributed by atoms with Crippen LogP contribution in [0.2, 0.25) is 0 Å². The third-order valence-corrected chi connectivity index (χ3v) is 5.07. The third kappa shape index (κ3) is 5.38. The van der Waals surface area contributed by atoms with Crippen molar-refractivity contribution in [2.24, 2.45) is 0 Å². The fraction of sp³-hybridized carbons (Fsp3) is 0.407. The van der Waals surface area contributed by atoms with Crippen molar-refractivity contribution in [3.05, 3.63) is 76.9 Å². The molecular weight excluding hydrogens is 340 g/mol. The zero-order valence-corrected chi connectivity index (χ0v) is 19.1. The molecule has 0 saturated carbocycles. The lowest BCUT2D eigenvalue weighted by Crippen LogP contribution is -2.12. The predicted octanol–water partition coefficient (Wildman–Crippen LogP) is 7.75. The van der Waals surface area contributed by atoms with Crippen LogP contribution in [0.25, 0.3) is 10.8 Å². The van der Waals surface area contributed by atoms with Crippen LogP contribution in [-0.2, 0) is 10.8 Å². The number of fused-ring (bicyclic) bond motifs is 1. The molecule has 0 atom stereocenters. The van der Waals surface area contributed by atoms with Gasteiger partial charge in [-0.2, -0.15) is 0 Å². The summed E-state index contributed by atoms with van der Waals surface area (Å²) in [6.45, 7) is 17.7. The van der Waals surface area contributed by atoms with Crippen LogP contribution in [0.5, 0.6) is 5.75 Å². The molecule has 3 rings (SSSR count). The summed E-state index contributed by atoms with van der Waals surface area (Å²) >= 11 is 0. The maximum absolute atomic E-state index is 5.48. The fourth-order valence-corrected chi connectivity index (χ4v) is 3.63. The van der Waals surface area contributed by atoms with Gasteiger partial charge in [-0.1, -0.05) is 89.6 Å². The molecule has 0 spiro atoms. The van der Waals surface area contributed by atoms with Crippen molar-refractivity contribution >= 4 is 10.8 Å². The molecule has 0 aliphatic rings. The summed E-state index contributed by atoms with van der Waals surface area (Å²) in [7, 11) is 1.74. The van der Waals surface area contributed by atoms with Crippen LogP contribution < -0.4 is 4.74 Å². The molecule has 0 heterocycles. The first kappa shape index (κ1) is 22.0. The Morgan fingerprint density at radius 2 is 1.18 bits per heavy atom. The van der Waals surface area contributed by atoms with Crippen LogP contribution in [0, 0.1) is 13.8 Å². The molecule has 1 nitrogen and oxygen atoms in total. The monoisotopic (exact) mass is 376 g/mol. The van der Waals surface area contributed by atoms with E-state index < -0.39 is 0 Å². The molecule has 1 heteroatoms. The number of hydrogen-bond acceptors (Lipinski definition) is 1. The Labute approximate surface area is 171 Å².